The van der Waals surface area contributed by atoms with Crippen molar-refractivity contribution in [2.24, 2.45) is 5.92 Å². The second-order valence-electron chi connectivity index (χ2n) is 6.38. The van der Waals surface area contributed by atoms with Gasteiger partial charge in [-0.2, -0.15) is 11.8 Å². The van der Waals surface area contributed by atoms with Gasteiger partial charge in [0.25, 0.3) is 0 Å². The predicted molar refractivity (Wildman–Crippen MR) is 91.1 cm³/mol. The van der Waals surface area contributed by atoms with Gasteiger partial charge >= 0.3 is 0 Å². The van der Waals surface area contributed by atoms with Gasteiger partial charge in [-0.25, -0.2) is 0 Å². The zero-order chi connectivity index (χ0) is 15.1. The molecule has 3 atom stereocenters. The van der Waals surface area contributed by atoms with E-state index in [4.69, 9.17) is 9.47 Å². The van der Waals surface area contributed by atoms with Crippen molar-refractivity contribution in [1.29, 1.82) is 0 Å². The maximum atomic E-state index is 6.26. The van der Waals surface area contributed by atoms with E-state index in [1.165, 1.54) is 37.2 Å². The van der Waals surface area contributed by atoms with Crippen LogP contribution in [-0.2, 0) is 9.47 Å². The van der Waals surface area contributed by atoms with Crippen molar-refractivity contribution >= 4 is 11.8 Å². The van der Waals surface area contributed by atoms with E-state index in [0.717, 1.165) is 26.2 Å². The zero-order valence-electron chi connectivity index (χ0n) is 14.0. The minimum Gasteiger partial charge on any atom is -0.377 e. The smallest absolute Gasteiger partial charge is 0.0728 e. The Hall–Kier alpha value is 0.230. The van der Waals surface area contributed by atoms with E-state index >= 15 is 0 Å². The van der Waals surface area contributed by atoms with Crippen LogP contribution < -0.4 is 5.32 Å². The molecule has 0 aromatic carbocycles. The molecule has 21 heavy (non-hydrogen) atoms. The molecule has 0 aromatic rings. The molecule has 2 rings (SSSR count). The quantitative estimate of drug-likeness (QED) is 0.779. The average molecular weight is 316 g/mol. The fourth-order valence-electron chi connectivity index (χ4n) is 3.99. The van der Waals surface area contributed by atoms with Crippen LogP contribution in [0.25, 0.3) is 0 Å². The predicted octanol–water partition coefficient (Wildman–Crippen LogP) is 3.47. The van der Waals surface area contributed by atoms with Gasteiger partial charge in [0.15, 0.2) is 0 Å². The van der Waals surface area contributed by atoms with Gasteiger partial charge in [-0.1, -0.05) is 13.8 Å². The maximum absolute atomic E-state index is 6.26. The van der Waals surface area contributed by atoms with Crippen LogP contribution in [0, 0.1) is 5.92 Å². The van der Waals surface area contributed by atoms with Crippen molar-refractivity contribution in [3.05, 3.63) is 0 Å². The Balaban J connectivity index is 2.04. The van der Waals surface area contributed by atoms with Gasteiger partial charge in [0.1, 0.15) is 0 Å². The number of likely N-dealkylation sites (N-methyl/N-ethyl adjacent to an activating group) is 1. The molecule has 3 nitrogen and oxygen atoms in total. The van der Waals surface area contributed by atoms with E-state index in [0.29, 0.717) is 18.1 Å². The SMILES string of the molecule is CCNC(C1CCOC2(CCSCC2)C1)C(CC)OCC. The lowest BCUT2D eigenvalue weighted by atomic mass is 9.77. The van der Waals surface area contributed by atoms with Crippen LogP contribution in [0.5, 0.6) is 0 Å². The van der Waals surface area contributed by atoms with Gasteiger partial charge in [-0.05, 0) is 63.0 Å². The second-order valence-corrected chi connectivity index (χ2v) is 7.61. The van der Waals surface area contributed by atoms with E-state index in [2.05, 4.69) is 37.8 Å². The summed E-state index contributed by atoms with van der Waals surface area (Å²) in [6.07, 6.45) is 6.29. The molecule has 0 aromatic heterocycles. The second kappa shape index (κ2) is 8.76. The Bertz CT molecular complexity index is 289. The largest absolute Gasteiger partial charge is 0.377 e. The third-order valence-electron chi connectivity index (χ3n) is 5.07. The molecule has 1 N–H and O–H groups in total. The molecule has 4 heteroatoms. The Morgan fingerprint density at radius 2 is 2.05 bits per heavy atom. The Labute approximate surface area is 134 Å². The minimum atomic E-state index is 0.173. The molecule has 3 unspecified atom stereocenters. The molecule has 2 fully saturated rings. The summed E-state index contributed by atoms with van der Waals surface area (Å²) in [5.41, 5.74) is 0.173. The van der Waals surface area contributed by atoms with Crippen LogP contribution in [0.15, 0.2) is 0 Å². The first-order valence-corrected chi connectivity index (χ1v) is 9.96. The molecule has 0 saturated carbocycles. The first-order valence-electron chi connectivity index (χ1n) is 8.81. The highest BCUT2D eigenvalue weighted by Gasteiger charge is 2.42. The van der Waals surface area contributed by atoms with E-state index < -0.39 is 0 Å². The lowest BCUT2D eigenvalue weighted by Crippen LogP contribution is -2.53. The Morgan fingerprint density at radius 3 is 2.67 bits per heavy atom. The van der Waals surface area contributed by atoms with E-state index in [1.54, 1.807) is 0 Å². The first-order chi connectivity index (χ1) is 10.2. The van der Waals surface area contributed by atoms with Crippen LogP contribution >= 0.6 is 11.8 Å². The van der Waals surface area contributed by atoms with Crippen molar-refractivity contribution in [2.45, 2.75) is 70.6 Å². The summed E-state index contributed by atoms with van der Waals surface area (Å²) in [7, 11) is 0. The highest BCUT2D eigenvalue weighted by Crippen LogP contribution is 2.41. The molecule has 0 aliphatic carbocycles. The van der Waals surface area contributed by atoms with Crippen molar-refractivity contribution in [1.82, 2.24) is 5.32 Å². The summed E-state index contributed by atoms with van der Waals surface area (Å²) < 4.78 is 12.3. The standard InChI is InChI=1S/C17H33NO2S/c1-4-15(19-6-3)16(18-5-2)14-7-10-20-17(13-14)8-11-21-12-9-17/h14-16,18H,4-13H2,1-3H3. The van der Waals surface area contributed by atoms with Crippen molar-refractivity contribution in [3.8, 4) is 0 Å². The molecular formula is C17H33NO2S. The normalized spacial score (nSPS) is 28.4. The maximum Gasteiger partial charge on any atom is 0.0728 e. The van der Waals surface area contributed by atoms with Crippen LogP contribution in [0.1, 0.15) is 52.9 Å². The molecular weight excluding hydrogens is 282 g/mol. The van der Waals surface area contributed by atoms with Gasteiger partial charge in [-0.3, -0.25) is 0 Å². The molecule has 1 spiro atoms. The van der Waals surface area contributed by atoms with E-state index in [9.17, 15) is 0 Å². The zero-order valence-corrected chi connectivity index (χ0v) is 14.8. The fourth-order valence-corrected chi connectivity index (χ4v) is 5.23. The average Bonchev–Trinajstić information content (AvgIpc) is 2.51. The fraction of sp³-hybridized carbons (Fsp3) is 1.00. The van der Waals surface area contributed by atoms with Crippen LogP contribution in [0.4, 0.5) is 0 Å². The van der Waals surface area contributed by atoms with E-state index in [-0.39, 0.29) is 5.60 Å². The molecule has 124 valence electrons. The monoisotopic (exact) mass is 315 g/mol. The number of nitrogens with one attached hydrogen (secondary N) is 1. The van der Waals surface area contributed by atoms with Gasteiger partial charge in [0.2, 0.25) is 0 Å². The molecule has 2 heterocycles. The summed E-state index contributed by atoms with van der Waals surface area (Å²) in [6, 6.07) is 0.482. The van der Waals surface area contributed by atoms with Crippen LogP contribution in [0.3, 0.4) is 0 Å². The number of rotatable bonds is 7. The minimum absolute atomic E-state index is 0.173. The third-order valence-corrected chi connectivity index (χ3v) is 6.05. The molecule has 2 aliphatic rings. The number of thioether (sulfide) groups is 1. The molecule has 2 aliphatic heterocycles. The number of hydrogen-bond donors (Lipinski definition) is 1. The molecule has 0 amide bonds. The number of ether oxygens (including phenoxy) is 2. The summed E-state index contributed by atoms with van der Waals surface area (Å²) in [6.45, 7) is 9.32. The van der Waals surface area contributed by atoms with Gasteiger partial charge in [-0.15, -0.1) is 0 Å². The highest BCUT2D eigenvalue weighted by atomic mass is 32.2. The summed E-state index contributed by atoms with van der Waals surface area (Å²) >= 11 is 2.08. The lowest BCUT2D eigenvalue weighted by Gasteiger charge is -2.46. The van der Waals surface area contributed by atoms with Crippen molar-refractivity contribution in [2.75, 3.05) is 31.3 Å². The Morgan fingerprint density at radius 1 is 1.29 bits per heavy atom. The molecule has 2 saturated heterocycles. The van der Waals surface area contributed by atoms with Gasteiger partial charge < -0.3 is 14.8 Å². The first kappa shape index (κ1) is 17.6. The van der Waals surface area contributed by atoms with Gasteiger partial charge in [0, 0.05) is 19.3 Å². The lowest BCUT2D eigenvalue weighted by molar-refractivity contribution is -0.116. The molecule has 0 radical (unpaired) electrons. The topological polar surface area (TPSA) is 30.5 Å². The van der Waals surface area contributed by atoms with Gasteiger partial charge in [0.05, 0.1) is 11.7 Å². The Kier molecular flexibility index (Phi) is 7.33. The summed E-state index contributed by atoms with van der Waals surface area (Å²) in [5.74, 6) is 3.22. The molecule has 0 bridgehead atoms. The van der Waals surface area contributed by atoms with Crippen molar-refractivity contribution < 1.29 is 9.47 Å². The summed E-state index contributed by atoms with van der Waals surface area (Å²) in [4.78, 5) is 0. The van der Waals surface area contributed by atoms with Crippen LogP contribution in [-0.4, -0.2) is 49.0 Å². The number of hydrogen-bond acceptors (Lipinski definition) is 4. The van der Waals surface area contributed by atoms with Crippen LogP contribution in [0.2, 0.25) is 0 Å². The van der Waals surface area contributed by atoms with E-state index in [1.807, 2.05) is 0 Å². The highest BCUT2D eigenvalue weighted by molar-refractivity contribution is 7.99. The van der Waals surface area contributed by atoms with Crippen molar-refractivity contribution in [3.63, 3.8) is 0 Å². The third kappa shape index (κ3) is 4.60. The summed E-state index contributed by atoms with van der Waals surface area (Å²) in [5, 5.41) is 3.72.